The lowest BCUT2D eigenvalue weighted by Crippen LogP contribution is -2.39. The van der Waals surface area contributed by atoms with Gasteiger partial charge in [0.1, 0.15) is 5.92 Å². The van der Waals surface area contributed by atoms with E-state index in [0.29, 0.717) is 6.54 Å². The molecule has 0 aliphatic carbocycles. The summed E-state index contributed by atoms with van der Waals surface area (Å²) in [5, 5.41) is 9.34. The second kappa shape index (κ2) is 12.2. The second-order valence-electron chi connectivity index (χ2n) is 6.22. The molecule has 1 aromatic rings. The maximum Gasteiger partial charge on any atom is 0.312 e. The van der Waals surface area contributed by atoms with E-state index in [9.17, 15) is 9.90 Å². The molecule has 22 heavy (non-hydrogen) atoms. The van der Waals surface area contributed by atoms with Crippen LogP contribution in [0.25, 0.3) is 0 Å². The topological polar surface area (TPSA) is 41.2 Å². The molecule has 3 heteroatoms. The van der Waals surface area contributed by atoms with Gasteiger partial charge in [0, 0.05) is 12.1 Å². The van der Waals surface area contributed by atoms with Gasteiger partial charge in [0.15, 0.2) is 18.9 Å². The van der Waals surface area contributed by atoms with E-state index >= 15 is 0 Å². The average molecular weight is 306 g/mol. The van der Waals surface area contributed by atoms with Crippen molar-refractivity contribution in [1.29, 1.82) is 0 Å². The van der Waals surface area contributed by atoms with Gasteiger partial charge >= 0.3 is 5.97 Å². The van der Waals surface area contributed by atoms with E-state index in [1.165, 1.54) is 44.9 Å². The highest BCUT2D eigenvalue weighted by Crippen LogP contribution is 2.14. The first kappa shape index (κ1) is 18.7. The number of rotatable bonds is 13. The minimum Gasteiger partial charge on any atom is -0.481 e. The highest BCUT2D eigenvalue weighted by molar-refractivity contribution is 5.69. The van der Waals surface area contributed by atoms with Gasteiger partial charge in [0.25, 0.3) is 0 Å². The minimum atomic E-state index is -0.670. The van der Waals surface area contributed by atoms with Crippen LogP contribution in [0.4, 0.5) is 0 Å². The van der Waals surface area contributed by atoms with Crippen molar-refractivity contribution in [2.75, 3.05) is 0 Å². The maximum absolute atomic E-state index is 11.4. The van der Waals surface area contributed by atoms with E-state index in [1.54, 1.807) is 0 Å². The summed E-state index contributed by atoms with van der Waals surface area (Å²) >= 11 is 0. The van der Waals surface area contributed by atoms with Crippen molar-refractivity contribution in [3.8, 4) is 0 Å². The molecule has 1 rings (SSSR count). The van der Waals surface area contributed by atoms with E-state index in [2.05, 4.69) is 6.92 Å². The van der Waals surface area contributed by atoms with Crippen molar-refractivity contribution in [3.05, 3.63) is 30.6 Å². The predicted molar refractivity (Wildman–Crippen MR) is 89.6 cm³/mol. The first-order valence-corrected chi connectivity index (χ1v) is 8.91. The van der Waals surface area contributed by atoms with Gasteiger partial charge in [-0.15, -0.1) is 0 Å². The molecular formula is C19H32NO2+. The Morgan fingerprint density at radius 3 is 2.00 bits per heavy atom. The van der Waals surface area contributed by atoms with Gasteiger partial charge in [-0.25, -0.2) is 4.57 Å². The monoisotopic (exact) mass is 306 g/mol. The van der Waals surface area contributed by atoms with Crippen LogP contribution in [0, 0.1) is 5.92 Å². The highest BCUT2D eigenvalue weighted by Gasteiger charge is 2.21. The fourth-order valence-electron chi connectivity index (χ4n) is 2.80. The Morgan fingerprint density at radius 1 is 0.909 bits per heavy atom. The van der Waals surface area contributed by atoms with Crippen molar-refractivity contribution in [2.24, 2.45) is 5.92 Å². The van der Waals surface area contributed by atoms with Gasteiger partial charge in [-0.2, -0.15) is 0 Å². The molecule has 0 saturated heterocycles. The summed E-state index contributed by atoms with van der Waals surface area (Å²) in [5.41, 5.74) is 0. The van der Waals surface area contributed by atoms with Crippen molar-refractivity contribution in [1.82, 2.24) is 0 Å². The second-order valence-corrected chi connectivity index (χ2v) is 6.22. The van der Waals surface area contributed by atoms with Gasteiger partial charge in [-0.1, -0.05) is 70.8 Å². The van der Waals surface area contributed by atoms with Crippen LogP contribution in [0.15, 0.2) is 30.6 Å². The fraction of sp³-hybridized carbons (Fsp3) is 0.684. The minimum absolute atomic E-state index is 0.267. The van der Waals surface area contributed by atoms with Crippen LogP contribution in [0.3, 0.4) is 0 Å². The summed E-state index contributed by atoms with van der Waals surface area (Å²) in [6.45, 7) is 2.82. The first-order valence-electron chi connectivity index (χ1n) is 8.91. The zero-order valence-corrected chi connectivity index (χ0v) is 14.0. The van der Waals surface area contributed by atoms with Crippen molar-refractivity contribution in [2.45, 2.75) is 77.7 Å². The molecule has 0 amide bonds. The zero-order valence-electron chi connectivity index (χ0n) is 14.0. The van der Waals surface area contributed by atoms with Crippen molar-refractivity contribution < 1.29 is 14.5 Å². The Bertz CT molecular complexity index is 392. The molecule has 0 radical (unpaired) electrons. The standard InChI is InChI=1S/C19H31NO2/c1-2-3-4-5-6-7-8-9-11-14-18(19(21)22)17-20-15-12-10-13-16-20/h10,12-13,15-16,18H,2-9,11,14,17H2,1H3/p+1. The number of unbranched alkanes of at least 4 members (excludes halogenated alkanes) is 8. The van der Waals surface area contributed by atoms with Crippen molar-refractivity contribution >= 4 is 5.97 Å². The lowest BCUT2D eigenvalue weighted by Gasteiger charge is -2.09. The normalized spacial score (nSPS) is 12.2. The number of nitrogens with zero attached hydrogens (tertiary/aromatic N) is 1. The van der Waals surface area contributed by atoms with Crippen LogP contribution >= 0.6 is 0 Å². The number of carbonyl (C=O) groups is 1. The van der Waals surface area contributed by atoms with Crippen LogP contribution in [0.5, 0.6) is 0 Å². The molecule has 1 aromatic heterocycles. The maximum atomic E-state index is 11.4. The third-order valence-corrected chi connectivity index (χ3v) is 4.21. The van der Waals surface area contributed by atoms with Gasteiger partial charge in [-0.3, -0.25) is 4.79 Å². The Balaban J connectivity index is 2.11. The fourth-order valence-corrected chi connectivity index (χ4v) is 2.80. The van der Waals surface area contributed by atoms with Gasteiger partial charge in [0.2, 0.25) is 0 Å². The van der Waals surface area contributed by atoms with E-state index in [0.717, 1.165) is 19.3 Å². The van der Waals surface area contributed by atoms with Gasteiger partial charge < -0.3 is 5.11 Å². The summed E-state index contributed by atoms with van der Waals surface area (Å²) in [6, 6.07) is 5.84. The lowest BCUT2D eigenvalue weighted by atomic mass is 9.99. The lowest BCUT2D eigenvalue weighted by molar-refractivity contribution is -0.701. The Labute approximate surface area is 135 Å². The molecular weight excluding hydrogens is 274 g/mol. The molecule has 124 valence electrons. The average Bonchev–Trinajstić information content (AvgIpc) is 2.53. The Kier molecular flexibility index (Phi) is 10.3. The summed E-state index contributed by atoms with van der Waals surface area (Å²) in [7, 11) is 0. The largest absolute Gasteiger partial charge is 0.481 e. The molecule has 1 heterocycles. The number of aromatic nitrogens is 1. The number of hydrogen-bond acceptors (Lipinski definition) is 1. The van der Waals surface area contributed by atoms with Gasteiger partial charge in [-0.05, 0) is 6.42 Å². The highest BCUT2D eigenvalue weighted by atomic mass is 16.4. The molecule has 1 unspecified atom stereocenters. The molecule has 3 nitrogen and oxygen atoms in total. The molecule has 1 atom stereocenters. The molecule has 0 bridgehead atoms. The molecule has 0 aromatic carbocycles. The van der Waals surface area contributed by atoms with Gasteiger partial charge in [0.05, 0.1) is 0 Å². The molecule has 0 aliphatic rings. The number of aliphatic carboxylic acids is 1. The predicted octanol–water partition coefficient (Wildman–Crippen LogP) is 4.60. The molecule has 0 fully saturated rings. The Morgan fingerprint density at radius 2 is 1.45 bits per heavy atom. The van der Waals surface area contributed by atoms with E-state index in [-0.39, 0.29) is 5.92 Å². The van der Waals surface area contributed by atoms with Crippen LogP contribution in [0.2, 0.25) is 0 Å². The number of carboxylic acid groups (broad SMARTS) is 1. The molecule has 0 saturated carbocycles. The molecule has 0 aliphatic heterocycles. The van der Waals surface area contributed by atoms with Crippen LogP contribution in [-0.2, 0) is 11.3 Å². The third-order valence-electron chi connectivity index (χ3n) is 4.21. The van der Waals surface area contributed by atoms with E-state index in [1.807, 2.05) is 35.2 Å². The quantitative estimate of drug-likeness (QED) is 0.427. The third kappa shape index (κ3) is 8.81. The number of pyridine rings is 1. The SMILES string of the molecule is CCCCCCCCCCCC(C[n+]1ccccc1)C(=O)O. The molecule has 0 spiro atoms. The Hall–Kier alpha value is -1.38. The number of carboxylic acids is 1. The van der Waals surface area contributed by atoms with Crippen LogP contribution in [0.1, 0.15) is 71.1 Å². The molecule has 1 N–H and O–H groups in total. The number of hydrogen-bond donors (Lipinski definition) is 1. The van der Waals surface area contributed by atoms with E-state index < -0.39 is 5.97 Å². The summed E-state index contributed by atoms with van der Waals surface area (Å²) in [4.78, 5) is 11.4. The van der Waals surface area contributed by atoms with Crippen molar-refractivity contribution in [3.63, 3.8) is 0 Å². The van der Waals surface area contributed by atoms with Crippen LogP contribution < -0.4 is 4.57 Å². The zero-order chi connectivity index (χ0) is 16.0. The summed E-state index contributed by atoms with van der Waals surface area (Å²) in [5.74, 6) is -0.937. The smallest absolute Gasteiger partial charge is 0.312 e. The first-order chi connectivity index (χ1) is 10.7. The summed E-state index contributed by atoms with van der Waals surface area (Å²) in [6.07, 6.45) is 16.1. The summed E-state index contributed by atoms with van der Waals surface area (Å²) < 4.78 is 1.96. The van der Waals surface area contributed by atoms with Crippen LogP contribution in [-0.4, -0.2) is 11.1 Å². The van der Waals surface area contributed by atoms with E-state index in [4.69, 9.17) is 0 Å².